The van der Waals surface area contributed by atoms with Gasteiger partial charge in [0.2, 0.25) is 5.95 Å². The van der Waals surface area contributed by atoms with Crippen molar-refractivity contribution in [2.24, 2.45) is 0 Å². The van der Waals surface area contributed by atoms with Crippen LogP contribution in [0.3, 0.4) is 0 Å². The summed E-state index contributed by atoms with van der Waals surface area (Å²) in [5.41, 5.74) is 6.63. The minimum atomic E-state index is 0.0680. The van der Waals surface area contributed by atoms with Crippen LogP contribution in [0.4, 0.5) is 5.95 Å². The molecule has 2 rings (SSSR count). The maximum atomic E-state index is 8.84. The van der Waals surface area contributed by atoms with E-state index in [2.05, 4.69) is 19.9 Å². The van der Waals surface area contributed by atoms with Gasteiger partial charge in [0.15, 0.2) is 5.82 Å². The van der Waals surface area contributed by atoms with E-state index in [0.717, 1.165) is 6.42 Å². The van der Waals surface area contributed by atoms with Crippen LogP contribution in [0.1, 0.15) is 18.9 Å². The molecule has 7 nitrogen and oxygen atoms in total. The Labute approximate surface area is 110 Å². The predicted molar refractivity (Wildman–Crippen MR) is 68.0 cm³/mol. The van der Waals surface area contributed by atoms with Gasteiger partial charge >= 0.3 is 6.01 Å². The molecule has 2 heterocycles. The van der Waals surface area contributed by atoms with Crippen LogP contribution in [0, 0.1) is 11.3 Å². The van der Waals surface area contributed by atoms with E-state index in [1.54, 1.807) is 12.3 Å². The highest BCUT2D eigenvalue weighted by Crippen LogP contribution is 2.17. The normalized spacial score (nSPS) is 9.89. The zero-order valence-electron chi connectivity index (χ0n) is 10.4. The molecule has 0 aliphatic heterocycles. The molecular formula is C12H12N6O. The number of anilines is 1. The number of ether oxygens (including phenoxy) is 1. The summed E-state index contributed by atoms with van der Waals surface area (Å²) >= 11 is 0. The molecule has 0 spiro atoms. The fourth-order valence-corrected chi connectivity index (χ4v) is 1.38. The second-order valence-electron chi connectivity index (χ2n) is 3.72. The van der Waals surface area contributed by atoms with Crippen molar-refractivity contribution in [1.29, 1.82) is 5.26 Å². The third-order valence-electron chi connectivity index (χ3n) is 2.19. The lowest BCUT2D eigenvalue weighted by atomic mass is 10.2. The highest BCUT2D eigenvalue weighted by atomic mass is 16.5. The Hall–Kier alpha value is -2.75. The third kappa shape index (κ3) is 3.13. The van der Waals surface area contributed by atoms with E-state index in [4.69, 9.17) is 15.7 Å². The third-order valence-corrected chi connectivity index (χ3v) is 2.19. The second kappa shape index (κ2) is 5.73. The molecule has 0 saturated carbocycles. The first-order valence-electron chi connectivity index (χ1n) is 5.72. The van der Waals surface area contributed by atoms with Gasteiger partial charge in [-0.15, -0.1) is 0 Å². The quantitative estimate of drug-likeness (QED) is 0.874. The molecule has 0 aliphatic carbocycles. The van der Waals surface area contributed by atoms with Crippen molar-refractivity contribution < 1.29 is 4.74 Å². The molecular weight excluding hydrogens is 244 g/mol. The average Bonchev–Trinajstić information content (AvgIpc) is 2.44. The largest absolute Gasteiger partial charge is 0.463 e. The summed E-state index contributed by atoms with van der Waals surface area (Å²) in [5, 5.41) is 8.84. The fraction of sp³-hybridized carbons (Fsp3) is 0.250. The molecule has 0 aliphatic rings. The molecule has 0 amide bonds. The van der Waals surface area contributed by atoms with Gasteiger partial charge in [0.05, 0.1) is 12.2 Å². The molecule has 0 aromatic carbocycles. The highest BCUT2D eigenvalue weighted by molar-refractivity contribution is 5.57. The first-order valence-corrected chi connectivity index (χ1v) is 5.72. The van der Waals surface area contributed by atoms with E-state index < -0.39 is 0 Å². The zero-order valence-corrected chi connectivity index (χ0v) is 10.4. The molecule has 0 unspecified atom stereocenters. The van der Waals surface area contributed by atoms with Crippen LogP contribution < -0.4 is 10.5 Å². The summed E-state index contributed by atoms with van der Waals surface area (Å²) in [7, 11) is 0. The monoisotopic (exact) mass is 256 g/mol. The fourth-order valence-electron chi connectivity index (χ4n) is 1.38. The molecule has 2 aromatic rings. The van der Waals surface area contributed by atoms with E-state index in [9.17, 15) is 0 Å². The van der Waals surface area contributed by atoms with Gasteiger partial charge in [-0.2, -0.15) is 20.2 Å². The number of nitrogens with two attached hydrogens (primary N) is 1. The van der Waals surface area contributed by atoms with E-state index in [-0.39, 0.29) is 12.0 Å². The Kier molecular flexibility index (Phi) is 3.83. The minimum Gasteiger partial charge on any atom is -0.463 e. The number of hydrogen-bond acceptors (Lipinski definition) is 7. The summed E-state index contributed by atoms with van der Waals surface area (Å²) < 4.78 is 5.33. The molecule has 0 bridgehead atoms. The molecule has 0 atom stereocenters. The SMILES string of the molecule is CCCOc1nc(N)nc(-c2cncc(C#N)c2)n1. The van der Waals surface area contributed by atoms with E-state index in [0.29, 0.717) is 23.6 Å². The van der Waals surface area contributed by atoms with Gasteiger partial charge in [0.25, 0.3) is 0 Å². The molecule has 0 saturated heterocycles. The molecule has 19 heavy (non-hydrogen) atoms. The number of hydrogen-bond donors (Lipinski definition) is 1. The number of nitrogens with zero attached hydrogens (tertiary/aromatic N) is 5. The Morgan fingerprint density at radius 2 is 2.16 bits per heavy atom. The second-order valence-corrected chi connectivity index (χ2v) is 3.72. The van der Waals surface area contributed by atoms with Gasteiger partial charge in [0.1, 0.15) is 6.07 Å². The molecule has 2 aromatic heterocycles. The van der Waals surface area contributed by atoms with Crippen molar-refractivity contribution in [3.63, 3.8) is 0 Å². The number of aromatic nitrogens is 4. The van der Waals surface area contributed by atoms with Crippen LogP contribution >= 0.6 is 0 Å². The maximum absolute atomic E-state index is 8.84. The topological polar surface area (TPSA) is 111 Å². The maximum Gasteiger partial charge on any atom is 0.321 e. The van der Waals surface area contributed by atoms with Crippen molar-refractivity contribution in [3.05, 3.63) is 24.0 Å². The molecule has 0 fully saturated rings. The average molecular weight is 256 g/mol. The molecule has 0 radical (unpaired) electrons. The molecule has 7 heteroatoms. The van der Waals surface area contributed by atoms with Crippen LogP contribution in [0.15, 0.2) is 18.5 Å². The van der Waals surface area contributed by atoms with Gasteiger partial charge in [-0.1, -0.05) is 6.92 Å². The van der Waals surface area contributed by atoms with Crippen LogP contribution in [0.5, 0.6) is 6.01 Å². The lowest BCUT2D eigenvalue weighted by Crippen LogP contribution is -2.06. The summed E-state index contributed by atoms with van der Waals surface area (Å²) in [5.74, 6) is 0.404. The van der Waals surface area contributed by atoms with Gasteiger partial charge < -0.3 is 10.5 Å². The van der Waals surface area contributed by atoms with Crippen LogP contribution in [-0.4, -0.2) is 26.5 Å². The minimum absolute atomic E-state index is 0.0680. The van der Waals surface area contributed by atoms with Crippen LogP contribution in [-0.2, 0) is 0 Å². The Balaban J connectivity index is 2.38. The summed E-state index contributed by atoms with van der Waals surface area (Å²) in [6, 6.07) is 3.81. The highest BCUT2D eigenvalue weighted by Gasteiger charge is 2.08. The van der Waals surface area contributed by atoms with Crippen LogP contribution in [0.25, 0.3) is 11.4 Å². The van der Waals surface area contributed by atoms with E-state index in [1.165, 1.54) is 6.20 Å². The Morgan fingerprint density at radius 3 is 2.89 bits per heavy atom. The number of nitrogen functional groups attached to an aromatic ring is 1. The van der Waals surface area contributed by atoms with Crippen molar-refractivity contribution in [3.8, 4) is 23.5 Å². The van der Waals surface area contributed by atoms with Crippen molar-refractivity contribution in [2.75, 3.05) is 12.3 Å². The van der Waals surface area contributed by atoms with Gasteiger partial charge in [-0.25, -0.2) is 0 Å². The lowest BCUT2D eigenvalue weighted by Gasteiger charge is -2.05. The first kappa shape index (κ1) is 12.7. The smallest absolute Gasteiger partial charge is 0.321 e. The molecule has 2 N–H and O–H groups in total. The van der Waals surface area contributed by atoms with Crippen molar-refractivity contribution >= 4 is 5.95 Å². The van der Waals surface area contributed by atoms with Crippen LogP contribution in [0.2, 0.25) is 0 Å². The Bertz CT molecular complexity index is 622. The lowest BCUT2D eigenvalue weighted by molar-refractivity contribution is 0.292. The molecule has 96 valence electrons. The number of nitriles is 1. The van der Waals surface area contributed by atoms with Crippen molar-refractivity contribution in [2.45, 2.75) is 13.3 Å². The van der Waals surface area contributed by atoms with Crippen molar-refractivity contribution in [1.82, 2.24) is 19.9 Å². The van der Waals surface area contributed by atoms with Gasteiger partial charge in [0, 0.05) is 18.0 Å². The predicted octanol–water partition coefficient (Wildman–Crippen LogP) is 1.18. The van der Waals surface area contributed by atoms with Gasteiger partial charge in [-0.3, -0.25) is 4.98 Å². The van der Waals surface area contributed by atoms with E-state index >= 15 is 0 Å². The summed E-state index contributed by atoms with van der Waals surface area (Å²) in [4.78, 5) is 16.0. The van der Waals surface area contributed by atoms with Gasteiger partial charge in [-0.05, 0) is 12.5 Å². The van der Waals surface area contributed by atoms with E-state index in [1.807, 2.05) is 13.0 Å². The standard InChI is InChI=1S/C12H12N6O/c1-2-3-19-12-17-10(16-11(14)18-12)9-4-8(5-13)6-15-7-9/h4,6-7H,2-3H2,1H3,(H2,14,16,17,18). The zero-order chi connectivity index (χ0) is 13.7. The summed E-state index contributed by atoms with van der Waals surface area (Å²) in [6.45, 7) is 2.48. The number of rotatable bonds is 4. The number of pyridine rings is 1. The Morgan fingerprint density at radius 1 is 1.32 bits per heavy atom. The first-order chi connectivity index (χ1) is 9.22. The summed E-state index contributed by atoms with van der Waals surface area (Å²) in [6.07, 6.45) is 3.86.